The number of guanidine groups is 1. The van der Waals surface area contributed by atoms with E-state index in [1.807, 2.05) is 18.2 Å². The van der Waals surface area contributed by atoms with E-state index in [4.69, 9.17) is 9.47 Å². The van der Waals surface area contributed by atoms with Gasteiger partial charge in [-0.2, -0.15) is 0 Å². The summed E-state index contributed by atoms with van der Waals surface area (Å²) in [6.07, 6.45) is 6.40. The molecule has 0 bridgehead atoms. The third-order valence-electron chi connectivity index (χ3n) is 4.08. The molecular formula is C18H30N4O2. The average molecular weight is 334 g/mol. The van der Waals surface area contributed by atoms with E-state index < -0.39 is 0 Å². The minimum atomic E-state index is 0.237. The second kappa shape index (κ2) is 11.0. The Morgan fingerprint density at radius 3 is 3.08 bits per heavy atom. The third-order valence-corrected chi connectivity index (χ3v) is 4.08. The second-order valence-electron chi connectivity index (χ2n) is 6.10. The largest absolute Gasteiger partial charge is 0.385 e. The fraction of sp³-hybridized carbons (Fsp3) is 0.667. The first-order valence-electron chi connectivity index (χ1n) is 8.85. The van der Waals surface area contributed by atoms with Crippen molar-refractivity contribution in [3.63, 3.8) is 0 Å². The van der Waals surface area contributed by atoms with Crippen LogP contribution in [0, 0.1) is 0 Å². The molecule has 0 saturated carbocycles. The smallest absolute Gasteiger partial charge is 0.191 e. The molecule has 2 heterocycles. The van der Waals surface area contributed by atoms with Gasteiger partial charge >= 0.3 is 0 Å². The second-order valence-corrected chi connectivity index (χ2v) is 6.10. The molecule has 0 unspecified atom stereocenters. The van der Waals surface area contributed by atoms with E-state index in [9.17, 15) is 0 Å². The summed E-state index contributed by atoms with van der Waals surface area (Å²) in [7, 11) is 1.73. The van der Waals surface area contributed by atoms with Gasteiger partial charge in [0.25, 0.3) is 0 Å². The molecule has 6 heteroatoms. The Labute approximate surface area is 145 Å². The Morgan fingerprint density at radius 2 is 2.38 bits per heavy atom. The minimum absolute atomic E-state index is 0.237. The quantitative estimate of drug-likeness (QED) is 0.411. The highest BCUT2D eigenvalue weighted by molar-refractivity contribution is 5.80. The molecule has 134 valence electrons. The van der Waals surface area contributed by atoms with Gasteiger partial charge in [-0.25, -0.2) is 4.99 Å². The predicted octanol–water partition coefficient (Wildman–Crippen LogP) is 2.11. The Bertz CT molecular complexity index is 475. The first kappa shape index (κ1) is 18.7. The number of methoxy groups -OCH3 is 1. The Balaban J connectivity index is 1.86. The van der Waals surface area contributed by atoms with Gasteiger partial charge in [0.2, 0.25) is 0 Å². The Kier molecular flexibility index (Phi) is 8.55. The summed E-state index contributed by atoms with van der Waals surface area (Å²) in [5.74, 6) is 0.820. The summed E-state index contributed by atoms with van der Waals surface area (Å²) in [6.45, 7) is 5.24. The number of aromatic nitrogens is 1. The number of hydrogen-bond acceptors (Lipinski definition) is 4. The molecule has 1 saturated heterocycles. The third kappa shape index (κ3) is 6.84. The summed E-state index contributed by atoms with van der Waals surface area (Å²) < 4.78 is 10.8. The monoisotopic (exact) mass is 334 g/mol. The minimum Gasteiger partial charge on any atom is -0.385 e. The van der Waals surface area contributed by atoms with Crippen LogP contribution in [0.15, 0.2) is 29.4 Å². The molecule has 6 nitrogen and oxygen atoms in total. The van der Waals surface area contributed by atoms with E-state index in [0.717, 1.165) is 57.1 Å². The molecule has 0 amide bonds. The van der Waals surface area contributed by atoms with Gasteiger partial charge in [0.15, 0.2) is 5.96 Å². The molecule has 0 aliphatic carbocycles. The van der Waals surface area contributed by atoms with Crippen molar-refractivity contribution in [3.8, 4) is 0 Å². The van der Waals surface area contributed by atoms with Crippen LogP contribution in [0.5, 0.6) is 0 Å². The average Bonchev–Trinajstić information content (AvgIpc) is 3.15. The van der Waals surface area contributed by atoms with E-state index in [-0.39, 0.29) is 12.1 Å². The SMILES string of the molecule is COCCCCNC(=NCc1ccccn1)N[C@H](C)[C@@H]1CCCO1. The summed E-state index contributed by atoms with van der Waals surface area (Å²) in [5, 5.41) is 6.88. The van der Waals surface area contributed by atoms with Crippen molar-refractivity contribution < 1.29 is 9.47 Å². The molecule has 2 rings (SSSR count). The fourth-order valence-electron chi connectivity index (χ4n) is 2.69. The lowest BCUT2D eigenvalue weighted by molar-refractivity contribution is 0.0890. The predicted molar refractivity (Wildman–Crippen MR) is 96.1 cm³/mol. The van der Waals surface area contributed by atoms with Crippen LogP contribution in [0.1, 0.15) is 38.3 Å². The van der Waals surface area contributed by atoms with Crippen molar-refractivity contribution >= 4 is 5.96 Å². The van der Waals surface area contributed by atoms with Crippen molar-refractivity contribution in [2.24, 2.45) is 4.99 Å². The molecule has 1 aliphatic heterocycles. The number of nitrogens with zero attached hydrogens (tertiary/aromatic N) is 2. The summed E-state index contributed by atoms with van der Waals surface area (Å²) >= 11 is 0. The van der Waals surface area contributed by atoms with Crippen molar-refractivity contribution in [1.82, 2.24) is 15.6 Å². The van der Waals surface area contributed by atoms with Crippen LogP contribution in [0.3, 0.4) is 0 Å². The van der Waals surface area contributed by atoms with Gasteiger partial charge in [-0.1, -0.05) is 6.07 Å². The molecule has 0 aromatic carbocycles. The molecule has 0 spiro atoms. The number of rotatable bonds is 9. The van der Waals surface area contributed by atoms with Gasteiger partial charge in [0, 0.05) is 33.1 Å². The maximum Gasteiger partial charge on any atom is 0.191 e. The normalized spacial score (nSPS) is 19.2. The van der Waals surface area contributed by atoms with E-state index in [1.54, 1.807) is 13.3 Å². The van der Waals surface area contributed by atoms with Crippen molar-refractivity contribution in [3.05, 3.63) is 30.1 Å². The van der Waals surface area contributed by atoms with E-state index >= 15 is 0 Å². The number of ether oxygens (including phenoxy) is 2. The highest BCUT2D eigenvalue weighted by Gasteiger charge is 2.22. The van der Waals surface area contributed by atoms with Crippen molar-refractivity contribution in [1.29, 1.82) is 0 Å². The van der Waals surface area contributed by atoms with Crippen LogP contribution in [0.2, 0.25) is 0 Å². The zero-order valence-electron chi connectivity index (χ0n) is 14.8. The summed E-state index contributed by atoms with van der Waals surface area (Å²) in [4.78, 5) is 8.99. The lowest BCUT2D eigenvalue weighted by Crippen LogP contribution is -2.47. The molecule has 24 heavy (non-hydrogen) atoms. The van der Waals surface area contributed by atoms with Crippen LogP contribution in [-0.4, -0.2) is 50.0 Å². The molecule has 2 N–H and O–H groups in total. The molecule has 2 atom stereocenters. The molecule has 1 aromatic rings. The van der Waals surface area contributed by atoms with Gasteiger partial charge < -0.3 is 20.1 Å². The highest BCUT2D eigenvalue weighted by atomic mass is 16.5. The lowest BCUT2D eigenvalue weighted by Gasteiger charge is -2.23. The highest BCUT2D eigenvalue weighted by Crippen LogP contribution is 2.15. The van der Waals surface area contributed by atoms with Gasteiger partial charge in [-0.05, 0) is 44.7 Å². The first-order chi connectivity index (χ1) is 11.8. The van der Waals surface area contributed by atoms with Gasteiger partial charge in [-0.15, -0.1) is 0 Å². The maximum atomic E-state index is 5.76. The van der Waals surface area contributed by atoms with Crippen LogP contribution in [-0.2, 0) is 16.0 Å². The maximum absolute atomic E-state index is 5.76. The molecule has 1 fully saturated rings. The number of aliphatic imine (C=N–C) groups is 1. The van der Waals surface area contributed by atoms with E-state index in [2.05, 4.69) is 27.5 Å². The summed E-state index contributed by atoms with van der Waals surface area (Å²) in [6, 6.07) is 6.13. The van der Waals surface area contributed by atoms with Crippen LogP contribution < -0.4 is 10.6 Å². The zero-order chi connectivity index (χ0) is 17.0. The Morgan fingerprint density at radius 1 is 1.46 bits per heavy atom. The number of unbranched alkanes of at least 4 members (excludes halogenated alkanes) is 1. The standard InChI is InChI=1S/C18H30N4O2/c1-15(17-9-7-13-24-17)22-18(20-11-5-6-12-23-2)21-14-16-8-3-4-10-19-16/h3-4,8,10,15,17H,5-7,9,11-14H2,1-2H3,(H2,20,21,22)/t15-,17+/m1/s1. The first-order valence-corrected chi connectivity index (χ1v) is 8.85. The van der Waals surface area contributed by atoms with Gasteiger partial charge in [0.1, 0.15) is 0 Å². The summed E-state index contributed by atoms with van der Waals surface area (Å²) in [5.41, 5.74) is 0.961. The van der Waals surface area contributed by atoms with Gasteiger partial charge in [-0.3, -0.25) is 4.98 Å². The van der Waals surface area contributed by atoms with Crippen molar-refractivity contribution in [2.75, 3.05) is 26.9 Å². The molecular weight excluding hydrogens is 304 g/mol. The number of hydrogen-bond donors (Lipinski definition) is 2. The van der Waals surface area contributed by atoms with Crippen molar-refractivity contribution in [2.45, 2.75) is 51.3 Å². The van der Waals surface area contributed by atoms with E-state index in [1.165, 1.54) is 0 Å². The van der Waals surface area contributed by atoms with Crippen LogP contribution >= 0.6 is 0 Å². The zero-order valence-corrected chi connectivity index (χ0v) is 14.8. The topological polar surface area (TPSA) is 67.8 Å². The number of pyridine rings is 1. The molecule has 1 aromatic heterocycles. The lowest BCUT2D eigenvalue weighted by atomic mass is 10.1. The molecule has 0 radical (unpaired) electrons. The van der Waals surface area contributed by atoms with Crippen LogP contribution in [0.4, 0.5) is 0 Å². The van der Waals surface area contributed by atoms with E-state index in [0.29, 0.717) is 6.54 Å². The molecule has 1 aliphatic rings. The number of nitrogens with one attached hydrogen (secondary N) is 2. The Hall–Kier alpha value is -1.66. The fourth-order valence-corrected chi connectivity index (χ4v) is 2.69. The van der Waals surface area contributed by atoms with Gasteiger partial charge in [0.05, 0.1) is 24.4 Å². The van der Waals surface area contributed by atoms with Crippen LogP contribution in [0.25, 0.3) is 0 Å².